The fourth-order valence-electron chi connectivity index (χ4n) is 2.20. The van der Waals surface area contributed by atoms with E-state index in [0.717, 1.165) is 5.56 Å². The van der Waals surface area contributed by atoms with E-state index >= 15 is 0 Å². The van der Waals surface area contributed by atoms with Crippen LogP contribution in [0.3, 0.4) is 0 Å². The number of carbonyl (C=O) groups excluding carboxylic acids is 1. The molecule has 1 fully saturated rings. The summed E-state index contributed by atoms with van der Waals surface area (Å²) in [6.45, 7) is 2.13. The molecular weight excluding hydrogens is 232 g/mol. The van der Waals surface area contributed by atoms with E-state index < -0.39 is 12.0 Å². The van der Waals surface area contributed by atoms with Gasteiger partial charge in [-0.15, -0.1) is 0 Å². The molecule has 0 aliphatic carbocycles. The van der Waals surface area contributed by atoms with E-state index in [1.165, 1.54) is 11.9 Å². The maximum atomic E-state index is 12.0. The van der Waals surface area contributed by atoms with Crippen molar-refractivity contribution in [1.29, 1.82) is 0 Å². The number of benzene rings is 1. The number of hydrogen-bond acceptors (Lipinski definition) is 2. The average Bonchev–Trinajstić information content (AvgIpc) is 2.67. The lowest BCUT2D eigenvalue weighted by Gasteiger charge is -2.24. The predicted octanol–water partition coefficient (Wildman–Crippen LogP) is 1.57. The molecule has 1 aliphatic rings. The number of rotatable bonds is 3. The van der Waals surface area contributed by atoms with Crippen molar-refractivity contribution < 1.29 is 14.7 Å². The van der Waals surface area contributed by atoms with Gasteiger partial charge in [-0.3, -0.25) is 0 Å². The minimum absolute atomic E-state index is 0.120. The maximum absolute atomic E-state index is 12.0. The summed E-state index contributed by atoms with van der Waals surface area (Å²) >= 11 is 0. The van der Waals surface area contributed by atoms with Crippen LogP contribution in [0.1, 0.15) is 18.5 Å². The summed E-state index contributed by atoms with van der Waals surface area (Å²) in [4.78, 5) is 25.9. The second kappa shape index (κ2) is 4.68. The van der Waals surface area contributed by atoms with Crippen molar-refractivity contribution >= 4 is 12.0 Å². The van der Waals surface area contributed by atoms with Crippen LogP contribution in [0.15, 0.2) is 30.3 Å². The highest BCUT2D eigenvalue weighted by Crippen LogP contribution is 2.26. The van der Waals surface area contributed by atoms with Gasteiger partial charge in [0.15, 0.2) is 0 Å². The van der Waals surface area contributed by atoms with Crippen molar-refractivity contribution in [2.24, 2.45) is 0 Å². The second-order valence-corrected chi connectivity index (χ2v) is 4.49. The van der Waals surface area contributed by atoms with E-state index in [9.17, 15) is 9.59 Å². The highest BCUT2D eigenvalue weighted by molar-refractivity contribution is 5.86. The summed E-state index contributed by atoms with van der Waals surface area (Å²) < 4.78 is 0. The van der Waals surface area contributed by atoms with E-state index in [-0.39, 0.29) is 18.6 Å². The van der Waals surface area contributed by atoms with Gasteiger partial charge in [0.2, 0.25) is 0 Å². The number of urea groups is 1. The number of hydrogen-bond donors (Lipinski definition) is 1. The molecule has 0 spiro atoms. The zero-order chi connectivity index (χ0) is 13.3. The summed E-state index contributed by atoms with van der Waals surface area (Å²) in [6.07, 6.45) is 0. The van der Waals surface area contributed by atoms with Crippen LogP contribution < -0.4 is 0 Å². The first kappa shape index (κ1) is 12.4. The summed E-state index contributed by atoms with van der Waals surface area (Å²) in [5.74, 6) is -0.964. The Morgan fingerprint density at radius 2 is 2.00 bits per heavy atom. The molecule has 1 aromatic carbocycles. The minimum atomic E-state index is -0.964. The smallest absolute Gasteiger partial charge is 0.328 e. The third-order valence-electron chi connectivity index (χ3n) is 3.42. The SMILES string of the molecule is CC(c1ccccc1)N1CC(C(=O)O)N(C)C1=O. The Morgan fingerprint density at radius 1 is 1.39 bits per heavy atom. The van der Waals surface area contributed by atoms with Gasteiger partial charge < -0.3 is 14.9 Å². The first-order valence-corrected chi connectivity index (χ1v) is 5.83. The first-order chi connectivity index (χ1) is 8.52. The Bertz CT molecular complexity index is 461. The average molecular weight is 248 g/mol. The summed E-state index contributed by atoms with van der Waals surface area (Å²) in [5.41, 5.74) is 1.00. The third kappa shape index (κ3) is 2.03. The van der Waals surface area contributed by atoms with Gasteiger partial charge in [-0.1, -0.05) is 30.3 Å². The number of likely N-dealkylation sites (N-methyl/N-ethyl adjacent to an activating group) is 1. The normalized spacial score (nSPS) is 21.2. The van der Waals surface area contributed by atoms with Crippen molar-refractivity contribution in [3.63, 3.8) is 0 Å². The predicted molar refractivity (Wildman–Crippen MR) is 66.1 cm³/mol. The largest absolute Gasteiger partial charge is 0.480 e. The van der Waals surface area contributed by atoms with Crippen molar-refractivity contribution in [3.05, 3.63) is 35.9 Å². The molecule has 96 valence electrons. The van der Waals surface area contributed by atoms with Crippen molar-refractivity contribution in [2.75, 3.05) is 13.6 Å². The molecule has 1 heterocycles. The van der Waals surface area contributed by atoms with Crippen molar-refractivity contribution in [1.82, 2.24) is 9.80 Å². The standard InChI is InChI=1S/C13H16N2O3/c1-9(10-6-4-3-5-7-10)15-8-11(12(16)17)14(2)13(15)18/h3-7,9,11H,8H2,1-2H3,(H,16,17). The number of carboxylic acids is 1. The Balaban J connectivity index is 2.20. The number of carboxylic acid groups (broad SMARTS) is 1. The molecule has 1 aromatic rings. The lowest BCUT2D eigenvalue weighted by Crippen LogP contribution is -2.36. The van der Waals surface area contributed by atoms with Gasteiger partial charge in [-0.2, -0.15) is 0 Å². The lowest BCUT2D eigenvalue weighted by atomic mass is 10.1. The van der Waals surface area contributed by atoms with Crippen LogP contribution >= 0.6 is 0 Å². The van der Waals surface area contributed by atoms with Crippen LogP contribution in [0.25, 0.3) is 0 Å². The molecule has 2 unspecified atom stereocenters. The Morgan fingerprint density at radius 3 is 2.50 bits per heavy atom. The van der Waals surface area contributed by atoms with E-state index in [2.05, 4.69) is 0 Å². The minimum Gasteiger partial charge on any atom is -0.480 e. The fraction of sp³-hybridized carbons (Fsp3) is 0.385. The molecule has 1 N–H and O–H groups in total. The molecule has 2 amide bonds. The lowest BCUT2D eigenvalue weighted by molar-refractivity contribution is -0.140. The quantitative estimate of drug-likeness (QED) is 0.883. The van der Waals surface area contributed by atoms with Crippen LogP contribution in [-0.2, 0) is 4.79 Å². The van der Waals surface area contributed by atoms with Crippen LogP contribution in [-0.4, -0.2) is 46.5 Å². The van der Waals surface area contributed by atoms with Gasteiger partial charge in [0, 0.05) is 7.05 Å². The number of nitrogens with zero attached hydrogens (tertiary/aromatic N) is 2. The summed E-state index contributed by atoms with van der Waals surface area (Å²) in [6, 6.07) is 8.48. The van der Waals surface area contributed by atoms with E-state index in [0.29, 0.717) is 0 Å². The number of amides is 2. The summed E-state index contributed by atoms with van der Waals surface area (Å²) in [7, 11) is 1.53. The molecule has 0 saturated carbocycles. The van der Waals surface area contributed by atoms with Gasteiger partial charge in [-0.05, 0) is 12.5 Å². The van der Waals surface area contributed by atoms with E-state index in [4.69, 9.17) is 5.11 Å². The van der Waals surface area contributed by atoms with E-state index in [1.54, 1.807) is 4.90 Å². The van der Waals surface area contributed by atoms with Crippen LogP contribution in [0, 0.1) is 0 Å². The van der Waals surface area contributed by atoms with Crippen molar-refractivity contribution in [2.45, 2.75) is 19.0 Å². The maximum Gasteiger partial charge on any atom is 0.328 e. The highest BCUT2D eigenvalue weighted by atomic mass is 16.4. The van der Waals surface area contributed by atoms with Gasteiger partial charge in [-0.25, -0.2) is 9.59 Å². The van der Waals surface area contributed by atoms with Crippen LogP contribution in [0.2, 0.25) is 0 Å². The molecule has 2 atom stereocenters. The van der Waals surface area contributed by atoms with Crippen LogP contribution in [0.4, 0.5) is 4.79 Å². The van der Waals surface area contributed by atoms with Crippen LogP contribution in [0.5, 0.6) is 0 Å². The Labute approximate surface area is 106 Å². The summed E-state index contributed by atoms with van der Waals surface area (Å²) in [5, 5.41) is 9.05. The zero-order valence-corrected chi connectivity index (χ0v) is 10.4. The zero-order valence-electron chi connectivity index (χ0n) is 10.4. The van der Waals surface area contributed by atoms with Crippen molar-refractivity contribution in [3.8, 4) is 0 Å². The molecule has 0 bridgehead atoms. The highest BCUT2D eigenvalue weighted by Gasteiger charge is 2.41. The molecule has 2 rings (SSSR count). The van der Waals surface area contributed by atoms with Gasteiger partial charge in [0.1, 0.15) is 6.04 Å². The first-order valence-electron chi connectivity index (χ1n) is 5.83. The van der Waals surface area contributed by atoms with Gasteiger partial charge in [0.05, 0.1) is 12.6 Å². The monoisotopic (exact) mass is 248 g/mol. The molecule has 5 heteroatoms. The molecule has 5 nitrogen and oxygen atoms in total. The fourth-order valence-corrected chi connectivity index (χ4v) is 2.20. The number of carbonyl (C=O) groups is 2. The molecule has 1 saturated heterocycles. The third-order valence-corrected chi connectivity index (χ3v) is 3.42. The van der Waals surface area contributed by atoms with Gasteiger partial charge >= 0.3 is 12.0 Å². The Kier molecular flexibility index (Phi) is 3.23. The Hall–Kier alpha value is -2.04. The van der Waals surface area contributed by atoms with E-state index in [1.807, 2.05) is 37.3 Å². The molecular formula is C13H16N2O3. The van der Waals surface area contributed by atoms with Gasteiger partial charge in [0.25, 0.3) is 0 Å². The molecule has 0 radical (unpaired) electrons. The topological polar surface area (TPSA) is 60.9 Å². The second-order valence-electron chi connectivity index (χ2n) is 4.49. The molecule has 18 heavy (non-hydrogen) atoms. The molecule has 0 aromatic heterocycles. The molecule has 1 aliphatic heterocycles. The number of aliphatic carboxylic acids is 1.